The summed E-state index contributed by atoms with van der Waals surface area (Å²) >= 11 is 0. The van der Waals surface area contributed by atoms with E-state index in [1.807, 2.05) is 20.0 Å². The standard InChI is InChI=1S/C25H51FOSi/c1-25(2)24-27-22-20-18-16-14-12-10-8-6-5-7-9-11-13-15-17-19-21-23-28(3,4)26/h1,5-24H2,2-4H3. The maximum atomic E-state index is 13.5. The number of unbranched alkanes of at least 4 members (excludes halogenated alkanes) is 16. The third-order valence-electron chi connectivity index (χ3n) is 5.41. The van der Waals surface area contributed by atoms with Crippen molar-refractivity contribution in [1.82, 2.24) is 0 Å². The zero-order chi connectivity index (χ0) is 20.9. The SMILES string of the molecule is C=C(C)COCCCCCCCCCCCCCCCCCCC[Si](C)(C)F. The third kappa shape index (κ3) is 25.8. The second-order valence-corrected chi connectivity index (χ2v) is 13.4. The summed E-state index contributed by atoms with van der Waals surface area (Å²) in [7, 11) is -2.28. The Balaban J connectivity index is 3.04. The summed E-state index contributed by atoms with van der Waals surface area (Å²) in [5, 5.41) is 0. The average molecular weight is 415 g/mol. The first-order valence-electron chi connectivity index (χ1n) is 12.3. The predicted octanol–water partition coefficient (Wildman–Crippen LogP) is 9.39. The lowest BCUT2D eigenvalue weighted by atomic mass is 10.0. The highest BCUT2D eigenvalue weighted by Crippen LogP contribution is 2.17. The predicted molar refractivity (Wildman–Crippen MR) is 128 cm³/mol. The number of hydrogen-bond acceptors (Lipinski definition) is 1. The maximum Gasteiger partial charge on any atom is 0.240 e. The molecule has 3 heteroatoms. The molecule has 1 nitrogen and oxygen atoms in total. The van der Waals surface area contributed by atoms with Crippen molar-refractivity contribution in [1.29, 1.82) is 0 Å². The molecule has 0 aliphatic heterocycles. The smallest absolute Gasteiger partial charge is 0.240 e. The molecule has 0 radical (unpaired) electrons. The van der Waals surface area contributed by atoms with Crippen molar-refractivity contribution >= 4 is 8.41 Å². The Hall–Kier alpha value is -0.153. The van der Waals surface area contributed by atoms with Crippen LogP contribution in [0.15, 0.2) is 12.2 Å². The molecule has 0 unspecified atom stereocenters. The van der Waals surface area contributed by atoms with Crippen LogP contribution in [0, 0.1) is 0 Å². The highest BCUT2D eigenvalue weighted by atomic mass is 28.4. The van der Waals surface area contributed by atoms with Gasteiger partial charge in [0.15, 0.2) is 0 Å². The van der Waals surface area contributed by atoms with Gasteiger partial charge in [-0.1, -0.05) is 115 Å². The molecule has 0 bridgehead atoms. The van der Waals surface area contributed by atoms with Crippen LogP contribution in [0.2, 0.25) is 19.1 Å². The largest absolute Gasteiger partial charge is 0.377 e. The van der Waals surface area contributed by atoms with Crippen LogP contribution in [0.5, 0.6) is 0 Å². The summed E-state index contributed by atoms with van der Waals surface area (Å²) in [4.78, 5) is 0. The van der Waals surface area contributed by atoms with E-state index >= 15 is 0 Å². The Morgan fingerprint density at radius 1 is 0.643 bits per heavy atom. The van der Waals surface area contributed by atoms with Crippen LogP contribution < -0.4 is 0 Å². The van der Waals surface area contributed by atoms with E-state index in [0.29, 0.717) is 0 Å². The summed E-state index contributed by atoms with van der Waals surface area (Å²) in [6.07, 6.45) is 23.0. The first kappa shape index (κ1) is 27.8. The molecule has 168 valence electrons. The molecule has 0 rings (SSSR count). The molecule has 0 heterocycles. The zero-order valence-corrected chi connectivity index (χ0v) is 20.6. The fraction of sp³-hybridized carbons (Fsp3) is 0.920. The molecule has 0 fully saturated rings. The molecule has 0 aliphatic rings. The molecular weight excluding hydrogens is 363 g/mol. The van der Waals surface area contributed by atoms with Crippen molar-refractivity contribution in [3.8, 4) is 0 Å². The van der Waals surface area contributed by atoms with E-state index in [9.17, 15) is 4.11 Å². The van der Waals surface area contributed by atoms with Crippen LogP contribution >= 0.6 is 0 Å². The average Bonchev–Trinajstić information content (AvgIpc) is 2.61. The lowest BCUT2D eigenvalue weighted by Gasteiger charge is -2.09. The molecule has 0 aliphatic carbocycles. The Morgan fingerprint density at radius 2 is 0.964 bits per heavy atom. The lowest BCUT2D eigenvalue weighted by Crippen LogP contribution is -2.16. The van der Waals surface area contributed by atoms with E-state index in [-0.39, 0.29) is 0 Å². The second-order valence-electron chi connectivity index (χ2n) is 9.49. The summed E-state index contributed by atoms with van der Waals surface area (Å²) < 4.78 is 19.0. The van der Waals surface area contributed by atoms with Gasteiger partial charge in [0.05, 0.1) is 6.61 Å². The molecule has 0 aromatic heterocycles. The lowest BCUT2D eigenvalue weighted by molar-refractivity contribution is 0.151. The van der Waals surface area contributed by atoms with E-state index in [4.69, 9.17) is 4.74 Å². The first-order valence-corrected chi connectivity index (χ1v) is 15.4. The Morgan fingerprint density at radius 3 is 1.29 bits per heavy atom. The van der Waals surface area contributed by atoms with Gasteiger partial charge < -0.3 is 8.84 Å². The molecule has 0 saturated carbocycles. The van der Waals surface area contributed by atoms with Gasteiger partial charge in [0.1, 0.15) is 0 Å². The van der Waals surface area contributed by atoms with Crippen LogP contribution in [0.3, 0.4) is 0 Å². The Bertz CT molecular complexity index is 338. The number of ether oxygens (including phenoxy) is 1. The van der Waals surface area contributed by atoms with Gasteiger partial charge in [0.25, 0.3) is 0 Å². The van der Waals surface area contributed by atoms with Crippen molar-refractivity contribution in [2.24, 2.45) is 0 Å². The van der Waals surface area contributed by atoms with Gasteiger partial charge in [-0.15, -0.1) is 0 Å². The monoisotopic (exact) mass is 414 g/mol. The van der Waals surface area contributed by atoms with Crippen molar-refractivity contribution in [3.05, 3.63) is 12.2 Å². The van der Waals surface area contributed by atoms with Gasteiger partial charge in [0, 0.05) is 6.61 Å². The summed E-state index contributed by atoms with van der Waals surface area (Å²) in [6, 6.07) is 0.859. The van der Waals surface area contributed by atoms with E-state index in [1.165, 1.54) is 103 Å². The van der Waals surface area contributed by atoms with Gasteiger partial charge in [0.2, 0.25) is 8.41 Å². The minimum absolute atomic E-state index is 0.724. The summed E-state index contributed by atoms with van der Waals surface area (Å²) in [5.74, 6) is 0. The van der Waals surface area contributed by atoms with Crippen molar-refractivity contribution in [2.75, 3.05) is 13.2 Å². The van der Waals surface area contributed by atoms with Crippen molar-refractivity contribution in [2.45, 2.75) is 135 Å². The van der Waals surface area contributed by atoms with Crippen LogP contribution in [0.25, 0.3) is 0 Å². The molecule has 0 aromatic rings. The fourth-order valence-electron chi connectivity index (χ4n) is 3.65. The van der Waals surface area contributed by atoms with E-state index in [0.717, 1.165) is 31.3 Å². The zero-order valence-electron chi connectivity index (χ0n) is 19.6. The highest BCUT2D eigenvalue weighted by molar-refractivity contribution is 6.70. The van der Waals surface area contributed by atoms with Gasteiger partial charge in [-0.3, -0.25) is 0 Å². The quantitative estimate of drug-likeness (QED) is 0.0741. The molecule has 0 aromatic carbocycles. The third-order valence-corrected chi connectivity index (χ3v) is 6.95. The molecular formula is C25H51FOSi. The normalized spacial score (nSPS) is 11.9. The van der Waals surface area contributed by atoms with E-state index < -0.39 is 8.41 Å². The first-order chi connectivity index (χ1) is 13.4. The summed E-state index contributed by atoms with van der Waals surface area (Å²) in [5.41, 5.74) is 1.12. The number of hydrogen-bond donors (Lipinski definition) is 0. The van der Waals surface area contributed by atoms with E-state index in [1.54, 1.807) is 0 Å². The molecule has 0 amide bonds. The molecule has 28 heavy (non-hydrogen) atoms. The minimum atomic E-state index is -2.28. The van der Waals surface area contributed by atoms with Crippen molar-refractivity contribution < 1.29 is 8.84 Å². The molecule has 0 spiro atoms. The van der Waals surface area contributed by atoms with Crippen LogP contribution in [-0.2, 0) is 4.74 Å². The van der Waals surface area contributed by atoms with Crippen molar-refractivity contribution in [3.63, 3.8) is 0 Å². The maximum absolute atomic E-state index is 13.5. The van der Waals surface area contributed by atoms with Gasteiger partial charge >= 0.3 is 0 Å². The topological polar surface area (TPSA) is 9.23 Å². The fourth-order valence-corrected chi connectivity index (χ4v) is 4.74. The second kappa shape index (κ2) is 20.1. The van der Waals surface area contributed by atoms with Crippen LogP contribution in [-0.4, -0.2) is 21.6 Å². The van der Waals surface area contributed by atoms with E-state index in [2.05, 4.69) is 6.58 Å². The Labute approximate surface area is 178 Å². The van der Waals surface area contributed by atoms with Gasteiger partial charge in [-0.05, 0) is 32.5 Å². The van der Waals surface area contributed by atoms with Crippen LogP contribution in [0.1, 0.15) is 116 Å². The number of rotatable bonds is 22. The highest BCUT2D eigenvalue weighted by Gasteiger charge is 2.18. The Kier molecular flexibility index (Phi) is 20.0. The van der Waals surface area contributed by atoms with Gasteiger partial charge in [-0.25, -0.2) is 0 Å². The molecule has 0 atom stereocenters. The molecule has 0 saturated heterocycles. The minimum Gasteiger partial charge on any atom is -0.377 e. The van der Waals surface area contributed by atoms with Crippen LogP contribution in [0.4, 0.5) is 4.11 Å². The van der Waals surface area contributed by atoms with Gasteiger partial charge in [-0.2, -0.15) is 0 Å². The number of halogens is 1. The molecule has 0 N–H and O–H groups in total. The summed E-state index contributed by atoms with van der Waals surface area (Å²) in [6.45, 7) is 11.1.